The highest BCUT2D eigenvalue weighted by molar-refractivity contribution is 5.90. The lowest BCUT2D eigenvalue weighted by atomic mass is 9.89. The van der Waals surface area contributed by atoms with E-state index in [9.17, 15) is 9.90 Å². The fourth-order valence-electron chi connectivity index (χ4n) is 3.79. The average molecular weight is 354 g/mol. The van der Waals surface area contributed by atoms with E-state index in [4.69, 9.17) is 0 Å². The van der Waals surface area contributed by atoms with E-state index >= 15 is 0 Å². The second-order valence-corrected chi connectivity index (χ2v) is 7.41. The summed E-state index contributed by atoms with van der Waals surface area (Å²) in [4.78, 5) is 11.7. The molecule has 0 saturated carbocycles. The summed E-state index contributed by atoms with van der Waals surface area (Å²) in [6, 6.07) is 13.9. The summed E-state index contributed by atoms with van der Waals surface area (Å²) in [7, 11) is 0. The van der Waals surface area contributed by atoms with Gasteiger partial charge in [0, 0.05) is 11.9 Å². The topological polar surface area (TPSA) is 40.1 Å². The Morgan fingerprint density at radius 2 is 1.38 bits per heavy atom. The highest BCUT2D eigenvalue weighted by Gasteiger charge is 2.15. The molecule has 142 valence electrons. The smallest absolute Gasteiger partial charge is 0.0489 e. The molecule has 0 heterocycles. The molecule has 2 heteroatoms. The second-order valence-electron chi connectivity index (χ2n) is 7.41. The van der Waals surface area contributed by atoms with Gasteiger partial charge in [0.1, 0.15) is 0 Å². The molecule has 0 fully saturated rings. The van der Waals surface area contributed by atoms with E-state index < -0.39 is 11.9 Å². The molecule has 0 N–H and O–H groups in total. The summed E-state index contributed by atoms with van der Waals surface area (Å²) in [6.45, 7) is 2.25. The van der Waals surface area contributed by atoms with Crippen LogP contribution < -0.4 is 5.11 Å². The molecule has 1 unspecified atom stereocenters. The Balaban J connectivity index is 1.76. The number of benzene rings is 2. The first-order chi connectivity index (χ1) is 12.7. The number of hydrogen-bond donors (Lipinski definition) is 0. The van der Waals surface area contributed by atoms with E-state index in [1.54, 1.807) is 0 Å². The SMILES string of the molecule is CCCCCCCCCCCCC(C(=O)[O-])c1cccc2ccccc12. The molecule has 2 nitrogen and oxygen atoms in total. The minimum Gasteiger partial charge on any atom is -0.549 e. The van der Waals surface area contributed by atoms with Crippen molar-refractivity contribution in [3.05, 3.63) is 48.0 Å². The van der Waals surface area contributed by atoms with Crippen LogP contribution in [0.3, 0.4) is 0 Å². The van der Waals surface area contributed by atoms with Crippen molar-refractivity contribution in [1.29, 1.82) is 0 Å². The largest absolute Gasteiger partial charge is 0.549 e. The molecule has 26 heavy (non-hydrogen) atoms. The zero-order chi connectivity index (χ0) is 18.6. The van der Waals surface area contributed by atoms with E-state index in [0.717, 1.165) is 29.2 Å². The molecule has 0 aliphatic heterocycles. The van der Waals surface area contributed by atoms with Gasteiger partial charge in [-0.25, -0.2) is 0 Å². The van der Waals surface area contributed by atoms with Crippen molar-refractivity contribution in [2.45, 2.75) is 83.5 Å². The molecular weight excluding hydrogens is 320 g/mol. The van der Waals surface area contributed by atoms with Crippen molar-refractivity contribution in [1.82, 2.24) is 0 Å². The van der Waals surface area contributed by atoms with Crippen LogP contribution in [0.15, 0.2) is 42.5 Å². The van der Waals surface area contributed by atoms with E-state index in [0.29, 0.717) is 6.42 Å². The third-order valence-electron chi connectivity index (χ3n) is 5.33. The third-order valence-corrected chi connectivity index (χ3v) is 5.33. The van der Waals surface area contributed by atoms with Crippen LogP contribution in [0.25, 0.3) is 10.8 Å². The zero-order valence-electron chi connectivity index (χ0n) is 16.2. The minimum absolute atomic E-state index is 0.504. The predicted octanol–water partition coefficient (Wildman–Crippen LogP) is 5.98. The van der Waals surface area contributed by atoms with Gasteiger partial charge in [0.25, 0.3) is 0 Å². The highest BCUT2D eigenvalue weighted by atomic mass is 16.4. The summed E-state index contributed by atoms with van der Waals surface area (Å²) in [5.74, 6) is -1.45. The van der Waals surface area contributed by atoms with E-state index in [2.05, 4.69) is 6.92 Å². The molecule has 2 aromatic carbocycles. The van der Waals surface area contributed by atoms with Gasteiger partial charge in [-0.05, 0) is 22.8 Å². The van der Waals surface area contributed by atoms with Gasteiger partial charge in [-0.1, -0.05) is 114 Å². The number of rotatable bonds is 13. The van der Waals surface area contributed by atoms with Crippen molar-refractivity contribution in [2.24, 2.45) is 0 Å². The van der Waals surface area contributed by atoms with Gasteiger partial charge >= 0.3 is 0 Å². The first kappa shape index (κ1) is 20.5. The lowest BCUT2D eigenvalue weighted by Crippen LogP contribution is -2.30. The van der Waals surface area contributed by atoms with Crippen molar-refractivity contribution in [3.63, 3.8) is 0 Å². The van der Waals surface area contributed by atoms with Gasteiger partial charge in [-0.2, -0.15) is 0 Å². The normalized spacial score (nSPS) is 12.3. The standard InChI is InChI=1S/C24H34O2/c1-2-3-4-5-6-7-8-9-10-11-18-23(24(25)26)22-19-14-16-20-15-12-13-17-21(20)22/h12-17,19,23H,2-11,18H2,1H3,(H,25,26)/p-1. The fraction of sp³-hybridized carbons (Fsp3) is 0.542. The molecule has 0 aliphatic rings. The molecule has 0 aliphatic carbocycles. The molecule has 2 aromatic rings. The maximum absolute atomic E-state index is 11.7. The molecule has 0 amide bonds. The number of carbonyl (C=O) groups is 1. The highest BCUT2D eigenvalue weighted by Crippen LogP contribution is 2.29. The molecule has 0 bridgehead atoms. The first-order valence-corrected chi connectivity index (χ1v) is 10.4. The number of carboxylic acid groups (broad SMARTS) is 1. The molecule has 1 atom stereocenters. The van der Waals surface area contributed by atoms with Gasteiger partial charge in [0.05, 0.1) is 0 Å². The van der Waals surface area contributed by atoms with Crippen LogP contribution in [0.2, 0.25) is 0 Å². The maximum atomic E-state index is 11.7. The quantitative estimate of drug-likeness (QED) is 0.415. The Kier molecular flexibility index (Phi) is 9.23. The van der Waals surface area contributed by atoms with E-state index in [1.807, 2.05) is 42.5 Å². The van der Waals surface area contributed by atoms with Crippen LogP contribution in [0.1, 0.15) is 89.0 Å². The summed E-state index contributed by atoms with van der Waals surface area (Å²) in [5.41, 5.74) is 0.902. The number of carbonyl (C=O) groups excluding carboxylic acids is 1. The number of carboxylic acids is 1. The van der Waals surface area contributed by atoms with Crippen LogP contribution >= 0.6 is 0 Å². The maximum Gasteiger partial charge on any atom is 0.0489 e. The first-order valence-electron chi connectivity index (χ1n) is 10.4. The predicted molar refractivity (Wildman–Crippen MR) is 108 cm³/mol. The molecule has 0 saturated heterocycles. The Labute approximate surface area is 158 Å². The summed E-state index contributed by atoms with van der Waals surface area (Å²) >= 11 is 0. The number of aliphatic carboxylic acids is 1. The second kappa shape index (κ2) is 11.7. The summed E-state index contributed by atoms with van der Waals surface area (Å²) < 4.78 is 0. The van der Waals surface area contributed by atoms with Crippen molar-refractivity contribution >= 4 is 16.7 Å². The minimum atomic E-state index is -0.947. The third kappa shape index (κ3) is 6.48. The Bertz CT molecular complexity index is 657. The summed E-state index contributed by atoms with van der Waals surface area (Å²) in [6.07, 6.45) is 13.3. The fourth-order valence-corrected chi connectivity index (χ4v) is 3.79. The van der Waals surface area contributed by atoms with Crippen molar-refractivity contribution in [3.8, 4) is 0 Å². The lowest BCUT2D eigenvalue weighted by Gasteiger charge is -2.20. The molecule has 2 rings (SSSR count). The van der Waals surface area contributed by atoms with Crippen molar-refractivity contribution < 1.29 is 9.90 Å². The zero-order valence-corrected chi connectivity index (χ0v) is 16.2. The van der Waals surface area contributed by atoms with E-state index in [1.165, 1.54) is 51.4 Å². The number of hydrogen-bond acceptors (Lipinski definition) is 2. The van der Waals surface area contributed by atoms with Crippen LogP contribution in [0.4, 0.5) is 0 Å². The van der Waals surface area contributed by atoms with Crippen molar-refractivity contribution in [2.75, 3.05) is 0 Å². The van der Waals surface area contributed by atoms with Gasteiger partial charge in [0.15, 0.2) is 0 Å². The average Bonchev–Trinajstić information content (AvgIpc) is 2.66. The van der Waals surface area contributed by atoms with Crippen LogP contribution in [-0.2, 0) is 4.79 Å². The molecule has 0 spiro atoms. The van der Waals surface area contributed by atoms with Gasteiger partial charge in [-0.3, -0.25) is 0 Å². The molecular formula is C24H33O2-. The van der Waals surface area contributed by atoms with E-state index in [-0.39, 0.29) is 0 Å². The Morgan fingerprint density at radius 1 is 0.808 bits per heavy atom. The monoisotopic (exact) mass is 353 g/mol. The van der Waals surface area contributed by atoms with Crippen LogP contribution in [0, 0.1) is 0 Å². The van der Waals surface area contributed by atoms with Gasteiger partial charge < -0.3 is 9.90 Å². The lowest BCUT2D eigenvalue weighted by molar-refractivity contribution is -0.308. The van der Waals surface area contributed by atoms with Crippen LogP contribution in [-0.4, -0.2) is 5.97 Å². The number of fused-ring (bicyclic) bond motifs is 1. The van der Waals surface area contributed by atoms with Gasteiger partial charge in [-0.15, -0.1) is 0 Å². The Hall–Kier alpha value is -1.83. The molecule has 0 aromatic heterocycles. The molecule has 0 radical (unpaired) electrons. The Morgan fingerprint density at radius 3 is 2.04 bits per heavy atom. The van der Waals surface area contributed by atoms with Gasteiger partial charge in [0.2, 0.25) is 0 Å². The summed E-state index contributed by atoms with van der Waals surface area (Å²) in [5, 5.41) is 13.9. The van der Waals surface area contributed by atoms with Crippen LogP contribution in [0.5, 0.6) is 0 Å². The number of unbranched alkanes of at least 4 members (excludes halogenated alkanes) is 9.